The van der Waals surface area contributed by atoms with Gasteiger partial charge >= 0.3 is 0 Å². The summed E-state index contributed by atoms with van der Waals surface area (Å²) >= 11 is 5.93. The smallest absolute Gasteiger partial charge is 0.240 e. The second-order valence-corrected chi connectivity index (χ2v) is 7.40. The van der Waals surface area contributed by atoms with E-state index in [-0.39, 0.29) is 11.4 Å². The lowest BCUT2D eigenvalue weighted by atomic mass is 10.2. The van der Waals surface area contributed by atoms with Crippen LogP contribution in [0.5, 0.6) is 0 Å². The average molecular weight is 333 g/mol. The van der Waals surface area contributed by atoms with Gasteiger partial charge in [0.15, 0.2) is 0 Å². The molecule has 0 bridgehead atoms. The molecule has 0 spiro atoms. The first kappa shape index (κ1) is 16.7. The van der Waals surface area contributed by atoms with Crippen LogP contribution in [0, 0.1) is 5.92 Å². The number of nitrogens with one attached hydrogen (secondary N) is 1. The van der Waals surface area contributed by atoms with Crippen molar-refractivity contribution in [3.63, 3.8) is 0 Å². The lowest BCUT2D eigenvalue weighted by Gasteiger charge is -2.09. The Kier molecular flexibility index (Phi) is 6.01. The number of benzene rings is 1. The van der Waals surface area contributed by atoms with Crippen LogP contribution in [-0.4, -0.2) is 28.2 Å². The molecule has 0 saturated heterocycles. The van der Waals surface area contributed by atoms with E-state index in [0.717, 1.165) is 12.5 Å². The summed E-state index contributed by atoms with van der Waals surface area (Å²) in [7, 11) is -3.52. The summed E-state index contributed by atoms with van der Waals surface area (Å²) in [4.78, 5) is 0.186. The number of nitrogens with two attached hydrogens (primary N) is 1. The van der Waals surface area contributed by atoms with Gasteiger partial charge in [0.05, 0.1) is 4.90 Å². The predicted octanol–water partition coefficient (Wildman–Crippen LogP) is 1.89. The molecule has 1 fully saturated rings. The zero-order valence-electron chi connectivity index (χ0n) is 11.8. The molecular formula is C14H21ClN2O3S. The lowest BCUT2D eigenvalue weighted by molar-refractivity contribution is 0.123. The van der Waals surface area contributed by atoms with Crippen LogP contribution in [0.2, 0.25) is 5.02 Å². The van der Waals surface area contributed by atoms with Crippen molar-refractivity contribution in [2.45, 2.75) is 30.7 Å². The van der Waals surface area contributed by atoms with Crippen LogP contribution >= 0.6 is 11.6 Å². The molecule has 1 saturated carbocycles. The number of sulfonamides is 1. The molecular weight excluding hydrogens is 312 g/mol. The van der Waals surface area contributed by atoms with E-state index in [1.54, 1.807) is 6.07 Å². The highest BCUT2D eigenvalue weighted by atomic mass is 35.5. The van der Waals surface area contributed by atoms with E-state index in [0.29, 0.717) is 30.2 Å². The van der Waals surface area contributed by atoms with E-state index in [2.05, 4.69) is 4.72 Å². The zero-order valence-corrected chi connectivity index (χ0v) is 13.4. The summed E-state index contributed by atoms with van der Waals surface area (Å²) in [5.74, 6) is 0.727. The number of halogens is 1. The maximum Gasteiger partial charge on any atom is 0.240 e. The van der Waals surface area contributed by atoms with Crippen LogP contribution < -0.4 is 10.5 Å². The molecule has 0 radical (unpaired) electrons. The molecule has 118 valence electrons. The van der Waals surface area contributed by atoms with E-state index in [1.165, 1.54) is 25.0 Å². The topological polar surface area (TPSA) is 81.4 Å². The second kappa shape index (κ2) is 7.56. The fourth-order valence-corrected chi connectivity index (χ4v) is 3.19. The molecule has 0 heterocycles. The molecule has 0 unspecified atom stereocenters. The molecule has 1 aliphatic carbocycles. The molecule has 0 atom stereocenters. The fraction of sp³-hybridized carbons (Fsp3) is 0.571. The molecule has 2 rings (SSSR count). The van der Waals surface area contributed by atoms with Gasteiger partial charge < -0.3 is 10.5 Å². The minimum atomic E-state index is -3.52. The van der Waals surface area contributed by atoms with Crippen molar-refractivity contribution < 1.29 is 13.2 Å². The molecule has 0 aliphatic heterocycles. The van der Waals surface area contributed by atoms with E-state index in [9.17, 15) is 8.42 Å². The average Bonchev–Trinajstić information content (AvgIpc) is 3.27. The van der Waals surface area contributed by atoms with Crippen molar-refractivity contribution in [2.75, 3.05) is 19.8 Å². The van der Waals surface area contributed by atoms with Crippen molar-refractivity contribution in [3.05, 3.63) is 28.8 Å². The van der Waals surface area contributed by atoms with Crippen LogP contribution in [0.3, 0.4) is 0 Å². The maximum atomic E-state index is 12.1. The Balaban J connectivity index is 1.80. The first-order chi connectivity index (χ1) is 10.0. The third-order valence-corrected chi connectivity index (χ3v) is 5.18. The summed E-state index contributed by atoms with van der Waals surface area (Å²) in [5, 5.41) is 0.477. The van der Waals surface area contributed by atoms with E-state index in [4.69, 9.17) is 22.1 Å². The summed E-state index contributed by atoms with van der Waals surface area (Å²) < 4.78 is 32.3. The molecule has 5 nitrogen and oxygen atoms in total. The van der Waals surface area contributed by atoms with Crippen molar-refractivity contribution in [2.24, 2.45) is 11.7 Å². The van der Waals surface area contributed by atoms with E-state index >= 15 is 0 Å². The maximum absolute atomic E-state index is 12.1. The van der Waals surface area contributed by atoms with Crippen LogP contribution in [0.1, 0.15) is 24.8 Å². The summed E-state index contributed by atoms with van der Waals surface area (Å²) in [6.07, 6.45) is 3.17. The van der Waals surface area contributed by atoms with Gasteiger partial charge in [-0.05, 0) is 48.9 Å². The second-order valence-electron chi connectivity index (χ2n) is 5.23. The van der Waals surface area contributed by atoms with E-state index in [1.807, 2.05) is 0 Å². The first-order valence-corrected chi connectivity index (χ1v) is 8.95. The standard InChI is InChI=1S/C14H21ClN2O3S/c15-14-5-4-13(8-12(14)9-16)21(18,19)17-6-1-7-20-10-11-2-3-11/h4-5,8,11,17H,1-3,6-7,9-10,16H2. The highest BCUT2D eigenvalue weighted by molar-refractivity contribution is 7.89. The van der Waals surface area contributed by atoms with Gasteiger partial charge in [0.2, 0.25) is 10.0 Å². The van der Waals surface area contributed by atoms with Crippen LogP contribution in [-0.2, 0) is 21.3 Å². The zero-order chi connectivity index (χ0) is 15.3. The number of hydrogen-bond acceptors (Lipinski definition) is 4. The molecule has 1 aromatic carbocycles. The minimum absolute atomic E-state index is 0.186. The van der Waals surface area contributed by atoms with Crippen molar-refractivity contribution in [1.29, 1.82) is 0 Å². The van der Waals surface area contributed by atoms with Crippen LogP contribution in [0.4, 0.5) is 0 Å². The van der Waals surface area contributed by atoms with Gasteiger partial charge in [-0.25, -0.2) is 13.1 Å². The Hall–Kier alpha value is -0.660. The van der Waals surface area contributed by atoms with Gasteiger partial charge in [-0.1, -0.05) is 11.6 Å². The Bertz CT molecular complexity index is 574. The van der Waals surface area contributed by atoms with Crippen LogP contribution in [0.15, 0.2) is 23.1 Å². The predicted molar refractivity (Wildman–Crippen MR) is 82.7 cm³/mol. The molecule has 0 amide bonds. The fourth-order valence-electron chi connectivity index (χ4n) is 1.87. The summed E-state index contributed by atoms with van der Waals surface area (Å²) in [5.41, 5.74) is 6.15. The van der Waals surface area contributed by atoms with Gasteiger partial charge in [0.25, 0.3) is 0 Å². The van der Waals surface area contributed by atoms with Gasteiger partial charge in [0, 0.05) is 31.3 Å². The summed E-state index contributed by atoms with van der Waals surface area (Å²) in [6.45, 7) is 1.93. The highest BCUT2D eigenvalue weighted by Gasteiger charge is 2.21. The Morgan fingerprint density at radius 2 is 2.14 bits per heavy atom. The van der Waals surface area contributed by atoms with Crippen molar-refractivity contribution in [3.8, 4) is 0 Å². The molecule has 3 N–H and O–H groups in total. The molecule has 1 aromatic rings. The third kappa shape index (κ3) is 5.23. The van der Waals surface area contributed by atoms with Gasteiger partial charge in [0.1, 0.15) is 0 Å². The Labute approximate surface area is 130 Å². The van der Waals surface area contributed by atoms with Gasteiger partial charge in [-0.3, -0.25) is 0 Å². The molecule has 21 heavy (non-hydrogen) atoms. The van der Waals surface area contributed by atoms with Gasteiger partial charge in [-0.15, -0.1) is 0 Å². The molecule has 7 heteroatoms. The highest BCUT2D eigenvalue weighted by Crippen LogP contribution is 2.28. The van der Waals surface area contributed by atoms with Crippen molar-refractivity contribution in [1.82, 2.24) is 4.72 Å². The monoisotopic (exact) mass is 332 g/mol. The normalized spacial score (nSPS) is 15.3. The Morgan fingerprint density at radius 3 is 2.81 bits per heavy atom. The minimum Gasteiger partial charge on any atom is -0.381 e. The SMILES string of the molecule is NCc1cc(S(=O)(=O)NCCCOCC2CC2)ccc1Cl. The molecule has 0 aromatic heterocycles. The van der Waals surface area contributed by atoms with Crippen molar-refractivity contribution >= 4 is 21.6 Å². The lowest BCUT2D eigenvalue weighted by Crippen LogP contribution is -2.25. The number of rotatable bonds is 9. The molecule has 1 aliphatic rings. The van der Waals surface area contributed by atoms with E-state index < -0.39 is 10.0 Å². The largest absolute Gasteiger partial charge is 0.381 e. The first-order valence-electron chi connectivity index (χ1n) is 7.09. The quantitative estimate of drug-likeness (QED) is 0.677. The third-order valence-electron chi connectivity index (χ3n) is 3.36. The number of ether oxygens (including phenoxy) is 1. The summed E-state index contributed by atoms with van der Waals surface area (Å²) in [6, 6.07) is 4.54. The Morgan fingerprint density at radius 1 is 1.38 bits per heavy atom. The van der Waals surface area contributed by atoms with Gasteiger partial charge in [-0.2, -0.15) is 0 Å². The number of hydrogen-bond donors (Lipinski definition) is 2. The van der Waals surface area contributed by atoms with Crippen LogP contribution in [0.25, 0.3) is 0 Å².